The van der Waals surface area contributed by atoms with Crippen molar-refractivity contribution in [1.29, 1.82) is 0 Å². The molecule has 480 valence electrons. The molecule has 103 heavy (non-hydrogen) atoms. The van der Waals surface area contributed by atoms with Crippen molar-refractivity contribution in [3.8, 4) is 33.9 Å². The average Bonchev–Trinajstić information content (AvgIpc) is 1.71. The molecule has 0 atom stereocenters. The summed E-state index contributed by atoms with van der Waals surface area (Å²) >= 11 is 0. The lowest BCUT2D eigenvalue weighted by molar-refractivity contribution is 1.13. The van der Waals surface area contributed by atoms with Crippen molar-refractivity contribution >= 4 is 154 Å². The van der Waals surface area contributed by atoms with Gasteiger partial charge in [0.25, 0.3) is 0 Å². The molecule has 1 aliphatic carbocycles. The van der Waals surface area contributed by atoms with Crippen molar-refractivity contribution in [2.24, 2.45) is 0 Å². The largest absolute Gasteiger partial charge is 0.309 e. The topological polar surface area (TPSA) is 24.1 Å². The summed E-state index contributed by atoms with van der Waals surface area (Å²) in [5.74, 6) is 0. The number of benzene rings is 16. The Kier molecular flexibility index (Phi) is 12.5. The molecule has 6 aromatic heterocycles. The summed E-state index contributed by atoms with van der Waals surface area (Å²) in [5, 5.41) is 21.0. The van der Waals surface area contributed by atoms with Crippen LogP contribution in [0.3, 0.4) is 0 Å². The molecule has 0 saturated heterocycles. The molecular weight excluding hydrogens is 1260 g/mol. The monoisotopic (exact) mass is 1330 g/mol. The normalized spacial score (nSPS) is 12.4. The number of rotatable bonds is 8. The van der Waals surface area contributed by atoms with Crippen LogP contribution >= 0.6 is 0 Å². The van der Waals surface area contributed by atoms with Gasteiger partial charge in [0.1, 0.15) is 0 Å². The number of hydrogen-bond acceptors (Lipinski definition) is 0. The summed E-state index contributed by atoms with van der Waals surface area (Å²) in [6, 6.07) is 137. The van der Waals surface area contributed by atoms with Crippen LogP contribution in [0.15, 0.2) is 370 Å². The van der Waals surface area contributed by atoms with Crippen LogP contribution in [0, 0.1) is 0 Å². The van der Waals surface area contributed by atoms with E-state index in [4.69, 9.17) is 0 Å². The first-order valence-corrected chi connectivity index (χ1v) is 37.8. The second-order valence-electron chi connectivity index (χ2n) is 27.8. The number of hydrogen-bond donors (Lipinski definition) is 0. The van der Waals surface area contributed by atoms with Gasteiger partial charge in [-0.25, -0.2) is 0 Å². The number of para-hydroxylation sites is 7. The van der Waals surface area contributed by atoms with E-state index < -0.39 is 8.07 Å². The van der Waals surface area contributed by atoms with Crippen molar-refractivity contribution in [3.63, 3.8) is 0 Å². The molecule has 0 saturated carbocycles. The third kappa shape index (κ3) is 8.23. The minimum atomic E-state index is -2.79. The van der Waals surface area contributed by atoms with Crippen LogP contribution < -0.4 is 20.7 Å². The van der Waals surface area contributed by atoms with E-state index in [1.54, 1.807) is 0 Å². The molecule has 16 aromatic carbocycles. The fourth-order valence-electron chi connectivity index (χ4n) is 18.5. The second kappa shape index (κ2) is 22.4. The van der Waals surface area contributed by atoms with Gasteiger partial charge in [-0.1, -0.05) is 267 Å². The highest BCUT2D eigenvalue weighted by atomic mass is 28.3. The first kappa shape index (κ1) is 57.6. The van der Waals surface area contributed by atoms with E-state index in [9.17, 15) is 0 Å². The molecule has 22 aromatic rings. The maximum atomic E-state index is 2.51. The van der Waals surface area contributed by atoms with E-state index in [0.29, 0.717) is 0 Å². The predicted molar refractivity (Wildman–Crippen MR) is 437 cm³/mol. The van der Waals surface area contributed by atoms with Gasteiger partial charge in [0.2, 0.25) is 0 Å². The van der Waals surface area contributed by atoms with Crippen LogP contribution in [0.25, 0.3) is 159 Å². The third-order valence-electron chi connectivity index (χ3n) is 22.6. The first-order chi connectivity index (χ1) is 51.2. The Morgan fingerprint density at radius 1 is 0.214 bits per heavy atom. The van der Waals surface area contributed by atoms with Gasteiger partial charge in [-0.3, -0.25) is 0 Å². The highest BCUT2D eigenvalue weighted by Crippen LogP contribution is 2.46. The van der Waals surface area contributed by atoms with E-state index in [1.807, 2.05) is 0 Å². The zero-order valence-corrected chi connectivity index (χ0v) is 57.2. The molecule has 6 heteroatoms. The average molecular weight is 1330 g/mol. The third-order valence-corrected chi connectivity index (χ3v) is 27.5. The Bertz CT molecular complexity index is 7080. The van der Waals surface area contributed by atoms with Crippen LogP contribution in [0.4, 0.5) is 0 Å². The lowest BCUT2D eigenvalue weighted by atomic mass is 10.0. The smallest absolute Gasteiger partial charge is 0.180 e. The fraction of sp³-hybridized carbons (Fsp3) is 0.0103. The van der Waals surface area contributed by atoms with E-state index in [1.165, 1.54) is 174 Å². The van der Waals surface area contributed by atoms with Gasteiger partial charge in [-0.15, -0.1) is 0 Å². The van der Waals surface area contributed by atoms with Crippen LogP contribution in [0.1, 0.15) is 11.1 Å². The lowest BCUT2D eigenvalue weighted by Gasteiger charge is -2.36. The molecule has 23 rings (SSSR count). The Hall–Kier alpha value is -13.3. The van der Waals surface area contributed by atoms with Crippen LogP contribution in [0.5, 0.6) is 0 Å². The molecule has 6 heterocycles. The minimum absolute atomic E-state index is 0.961. The summed E-state index contributed by atoms with van der Waals surface area (Å²) in [5.41, 5.74) is 23.7. The zero-order chi connectivity index (χ0) is 67.4. The lowest BCUT2D eigenvalue weighted by Crippen LogP contribution is -2.75. The molecule has 0 aliphatic heterocycles. The Balaban J connectivity index is 0.000000134. The quantitative estimate of drug-likeness (QED) is 0.107. The summed E-state index contributed by atoms with van der Waals surface area (Å²) in [6.07, 6.45) is 0.961. The van der Waals surface area contributed by atoms with Gasteiger partial charge in [-0.2, -0.15) is 0 Å². The van der Waals surface area contributed by atoms with Crippen LogP contribution in [0.2, 0.25) is 0 Å². The SMILES string of the molecule is c1cc(-n2c3ccccc3c3ccccc32)cc(-n2c3ccccc3c3cc(-n4c5cccc6c7cccc8c9ccccc9n(c9cccc4c9c65)c78)ccc32)c1.c1ccc([Si](c2ccccc2)(c2cccc(-n3c4ccccc4c4ccccc43)c2)c2cccc3c2Cc2ccccc2-3)cc1. The molecule has 0 unspecified atom stereocenters. The Morgan fingerprint density at radius 2 is 0.583 bits per heavy atom. The first-order valence-electron chi connectivity index (χ1n) is 35.8. The summed E-state index contributed by atoms with van der Waals surface area (Å²) in [7, 11) is -2.79. The van der Waals surface area contributed by atoms with E-state index in [2.05, 4.69) is 393 Å². The van der Waals surface area contributed by atoms with Crippen molar-refractivity contribution in [2.45, 2.75) is 6.42 Å². The van der Waals surface area contributed by atoms with Gasteiger partial charge >= 0.3 is 0 Å². The summed E-state index contributed by atoms with van der Waals surface area (Å²) in [6.45, 7) is 0. The van der Waals surface area contributed by atoms with Crippen LogP contribution in [-0.2, 0) is 6.42 Å². The summed E-state index contributed by atoms with van der Waals surface area (Å²) in [4.78, 5) is 0. The molecule has 1 aliphatic rings. The standard InChI is InChI=1S/C54H32N4.C43H31NSi/c1-5-22-44-36(15-1)37-16-2-6-23-45(37)55(44)33-13-9-14-34(31-33)56-46-24-7-4-18-39(46)43-32-35(29-30-48(43)56)57-49-26-11-19-40-42-21-10-20-41-38-17-3-8-25-47(38)58(54(41)42)51-28-12-27-50(57)53(51)52(40)49;1-3-17-33(18-4-1)45(34-19-5-2-6-20-34,43-28-14-25-37-36-22-8-7-15-31(36)29-40(37)43)35-21-13-16-32(30-35)44-41-26-11-9-23-38(41)39-24-10-12-27-42(39)44/h1-32H;1-28,30H,29H2. The molecule has 0 fully saturated rings. The van der Waals surface area contributed by atoms with Crippen molar-refractivity contribution in [2.75, 3.05) is 0 Å². The van der Waals surface area contributed by atoms with E-state index in [-0.39, 0.29) is 0 Å². The molecule has 5 nitrogen and oxygen atoms in total. The molecule has 0 amide bonds. The summed E-state index contributed by atoms with van der Waals surface area (Å²) < 4.78 is 12.3. The zero-order valence-electron chi connectivity index (χ0n) is 56.2. The van der Waals surface area contributed by atoms with E-state index in [0.717, 1.165) is 23.5 Å². The van der Waals surface area contributed by atoms with Gasteiger partial charge in [0, 0.05) is 82.0 Å². The number of fused-ring (bicyclic) bond motifs is 17. The minimum Gasteiger partial charge on any atom is -0.309 e. The second-order valence-corrected chi connectivity index (χ2v) is 31.5. The molecule has 0 radical (unpaired) electrons. The highest BCUT2D eigenvalue weighted by Gasteiger charge is 2.44. The highest BCUT2D eigenvalue weighted by molar-refractivity contribution is 7.20. The molecule has 0 bridgehead atoms. The predicted octanol–water partition coefficient (Wildman–Crippen LogP) is 21.9. The van der Waals surface area contributed by atoms with Gasteiger partial charge < -0.3 is 22.7 Å². The van der Waals surface area contributed by atoms with Crippen molar-refractivity contribution in [1.82, 2.24) is 22.7 Å². The van der Waals surface area contributed by atoms with Crippen molar-refractivity contribution in [3.05, 3.63) is 381 Å². The Labute approximate surface area is 594 Å². The molecule has 0 N–H and O–H groups in total. The van der Waals surface area contributed by atoms with Crippen molar-refractivity contribution < 1.29 is 0 Å². The number of aromatic nitrogens is 5. The van der Waals surface area contributed by atoms with Gasteiger partial charge in [-0.05, 0) is 158 Å². The molecular formula is C97H63N5Si. The van der Waals surface area contributed by atoms with E-state index >= 15 is 0 Å². The maximum Gasteiger partial charge on any atom is 0.180 e. The fourth-order valence-corrected chi connectivity index (χ4v) is 23.6. The van der Waals surface area contributed by atoms with Gasteiger partial charge in [0.15, 0.2) is 8.07 Å². The number of nitrogens with zero attached hydrogens (tertiary/aromatic N) is 5. The van der Waals surface area contributed by atoms with Crippen LogP contribution in [-0.4, -0.2) is 30.7 Å². The molecule has 0 spiro atoms. The Morgan fingerprint density at radius 3 is 1.18 bits per heavy atom. The maximum absolute atomic E-state index is 2.79. The van der Waals surface area contributed by atoms with Gasteiger partial charge in [0.05, 0.1) is 60.7 Å².